The van der Waals surface area contributed by atoms with Crippen LogP contribution in [0.25, 0.3) is 10.2 Å². The molecule has 6 nitrogen and oxygen atoms in total. The molecule has 7 heteroatoms. The van der Waals surface area contributed by atoms with Crippen molar-refractivity contribution in [3.63, 3.8) is 0 Å². The molecule has 3 rings (SSSR count). The smallest absolute Gasteiger partial charge is 0.256 e. The predicted molar refractivity (Wildman–Crippen MR) is 111 cm³/mol. The summed E-state index contributed by atoms with van der Waals surface area (Å²) < 4.78 is 12.1. The molecule has 28 heavy (non-hydrogen) atoms. The Hall–Kier alpha value is -2.48. The van der Waals surface area contributed by atoms with E-state index in [9.17, 15) is 9.90 Å². The molecule has 0 unspecified atom stereocenters. The highest BCUT2D eigenvalue weighted by Gasteiger charge is 2.17. The normalized spacial score (nSPS) is 11.6. The van der Waals surface area contributed by atoms with Crippen molar-refractivity contribution in [1.82, 2.24) is 4.98 Å². The summed E-state index contributed by atoms with van der Waals surface area (Å²) in [6.07, 6.45) is 0. The molecule has 0 fully saturated rings. The lowest BCUT2D eigenvalue weighted by atomic mass is 10.1. The summed E-state index contributed by atoms with van der Waals surface area (Å²) >= 11 is 1.43. The van der Waals surface area contributed by atoms with E-state index in [0.29, 0.717) is 28.6 Å². The first kappa shape index (κ1) is 20.3. The Kier molecular flexibility index (Phi) is 5.98. The number of thiazole rings is 1. The molecule has 0 aliphatic rings. The number of benzene rings is 2. The van der Waals surface area contributed by atoms with E-state index >= 15 is 0 Å². The van der Waals surface area contributed by atoms with E-state index in [0.717, 1.165) is 15.8 Å². The third-order valence-electron chi connectivity index (χ3n) is 3.87. The summed E-state index contributed by atoms with van der Waals surface area (Å²) in [5.41, 5.74) is 2.34. The number of rotatable bonds is 6. The van der Waals surface area contributed by atoms with E-state index in [1.54, 1.807) is 25.3 Å². The molecule has 1 amide bonds. The van der Waals surface area contributed by atoms with Crippen LogP contribution in [0.4, 0.5) is 5.69 Å². The van der Waals surface area contributed by atoms with Gasteiger partial charge in [-0.2, -0.15) is 0 Å². The van der Waals surface area contributed by atoms with Gasteiger partial charge in [-0.05, 0) is 62.7 Å². The van der Waals surface area contributed by atoms with E-state index < -0.39 is 0 Å². The molecule has 1 aromatic heterocycles. The van der Waals surface area contributed by atoms with Crippen molar-refractivity contribution in [2.75, 3.05) is 12.4 Å². The van der Waals surface area contributed by atoms with E-state index in [-0.39, 0.29) is 18.1 Å². The summed E-state index contributed by atoms with van der Waals surface area (Å²) in [6.45, 7) is 6.13. The number of hydrogen-bond acceptors (Lipinski definition) is 6. The van der Waals surface area contributed by atoms with Crippen LogP contribution in [-0.2, 0) is 18.0 Å². The molecule has 2 aromatic carbocycles. The molecule has 0 bridgehead atoms. The second kappa shape index (κ2) is 8.26. The monoisotopic (exact) mass is 400 g/mol. The summed E-state index contributed by atoms with van der Waals surface area (Å²) in [5, 5.41) is 12.8. The zero-order chi connectivity index (χ0) is 20.3. The lowest BCUT2D eigenvalue weighted by Crippen LogP contribution is -2.23. The summed E-state index contributed by atoms with van der Waals surface area (Å²) in [4.78, 5) is 17.2. The van der Waals surface area contributed by atoms with Crippen LogP contribution in [0.2, 0.25) is 0 Å². The summed E-state index contributed by atoms with van der Waals surface area (Å²) in [5.74, 6) is 0.461. The number of hydrogen-bond donors (Lipinski definition) is 2. The number of amides is 1. The second-order valence-corrected chi connectivity index (χ2v) is 8.48. The molecule has 0 spiro atoms. The van der Waals surface area contributed by atoms with Gasteiger partial charge in [0.2, 0.25) is 0 Å². The third kappa shape index (κ3) is 4.86. The molecule has 0 radical (unpaired) electrons. The van der Waals surface area contributed by atoms with Crippen LogP contribution in [-0.4, -0.2) is 28.7 Å². The topological polar surface area (TPSA) is 80.7 Å². The largest absolute Gasteiger partial charge is 0.488 e. The van der Waals surface area contributed by atoms with Crippen molar-refractivity contribution in [2.45, 2.75) is 39.6 Å². The number of anilines is 1. The minimum atomic E-state index is -0.329. The highest BCUT2D eigenvalue weighted by molar-refractivity contribution is 7.18. The first-order chi connectivity index (χ1) is 13.3. The van der Waals surface area contributed by atoms with E-state index in [2.05, 4.69) is 10.3 Å². The first-order valence-electron chi connectivity index (χ1n) is 8.91. The van der Waals surface area contributed by atoms with Crippen LogP contribution in [0.3, 0.4) is 0 Å². The van der Waals surface area contributed by atoms with Gasteiger partial charge >= 0.3 is 0 Å². The minimum absolute atomic E-state index is 0.0929. The standard InChI is InChI=1S/C21H24N2O4S/c1-21(2,3)27-15-6-7-16(13(9-15)12-26-4)20(25)22-14-5-8-18-17(10-14)23-19(11-24)28-18/h5-10,24H,11-12H2,1-4H3,(H,22,25). The van der Waals surface area contributed by atoms with E-state index in [4.69, 9.17) is 9.47 Å². The Labute approximate surface area is 168 Å². The van der Waals surface area contributed by atoms with Crippen molar-refractivity contribution >= 4 is 33.1 Å². The van der Waals surface area contributed by atoms with E-state index in [1.165, 1.54) is 11.3 Å². The van der Waals surface area contributed by atoms with E-state index in [1.807, 2.05) is 39.0 Å². The predicted octanol–water partition coefficient (Wildman–Crippen LogP) is 4.36. The Morgan fingerprint density at radius 2 is 2.00 bits per heavy atom. The summed E-state index contributed by atoms with van der Waals surface area (Å²) in [7, 11) is 1.59. The van der Waals surface area contributed by atoms with Gasteiger partial charge in [-0.25, -0.2) is 4.98 Å². The molecule has 3 aromatic rings. The van der Waals surface area contributed by atoms with Crippen LogP contribution in [0.5, 0.6) is 5.75 Å². The fourth-order valence-electron chi connectivity index (χ4n) is 2.80. The fourth-order valence-corrected chi connectivity index (χ4v) is 3.61. The Morgan fingerprint density at radius 1 is 1.21 bits per heavy atom. The average Bonchev–Trinajstić information content (AvgIpc) is 3.03. The van der Waals surface area contributed by atoms with Gasteiger partial charge in [-0.3, -0.25) is 4.79 Å². The Balaban J connectivity index is 1.84. The number of nitrogens with one attached hydrogen (secondary N) is 1. The molecule has 1 heterocycles. The van der Waals surface area contributed by atoms with Gasteiger partial charge < -0.3 is 19.9 Å². The Morgan fingerprint density at radius 3 is 2.68 bits per heavy atom. The molecule has 0 aliphatic heterocycles. The first-order valence-corrected chi connectivity index (χ1v) is 9.73. The summed E-state index contributed by atoms with van der Waals surface area (Å²) in [6, 6.07) is 10.9. The SMILES string of the molecule is COCc1cc(OC(C)(C)C)ccc1C(=O)Nc1ccc2sc(CO)nc2c1. The maximum Gasteiger partial charge on any atom is 0.256 e. The van der Waals surface area contributed by atoms with Gasteiger partial charge in [0.25, 0.3) is 5.91 Å². The fraction of sp³-hybridized carbons (Fsp3) is 0.333. The van der Waals surface area contributed by atoms with Crippen molar-refractivity contribution in [3.8, 4) is 5.75 Å². The molecule has 0 atom stereocenters. The lowest BCUT2D eigenvalue weighted by molar-refractivity contribution is 0.102. The van der Waals surface area contributed by atoms with Crippen molar-refractivity contribution in [2.24, 2.45) is 0 Å². The van der Waals surface area contributed by atoms with Crippen molar-refractivity contribution in [3.05, 3.63) is 52.5 Å². The number of aliphatic hydroxyl groups is 1. The maximum atomic E-state index is 12.8. The molecule has 0 saturated heterocycles. The quantitative estimate of drug-likeness (QED) is 0.642. The van der Waals surface area contributed by atoms with Gasteiger partial charge in [0, 0.05) is 18.4 Å². The zero-order valence-corrected chi connectivity index (χ0v) is 17.2. The number of fused-ring (bicyclic) bond motifs is 1. The number of carbonyl (C=O) groups is 1. The van der Waals surface area contributed by atoms with Gasteiger partial charge in [0.05, 0.1) is 23.4 Å². The number of carbonyl (C=O) groups excluding carboxylic acids is 1. The van der Waals surface area contributed by atoms with Crippen LogP contribution in [0, 0.1) is 0 Å². The maximum absolute atomic E-state index is 12.8. The number of aromatic nitrogens is 1. The molecular weight excluding hydrogens is 376 g/mol. The number of ether oxygens (including phenoxy) is 2. The molecule has 0 aliphatic carbocycles. The molecule has 2 N–H and O–H groups in total. The minimum Gasteiger partial charge on any atom is -0.488 e. The Bertz CT molecular complexity index is 992. The second-order valence-electron chi connectivity index (χ2n) is 7.37. The lowest BCUT2D eigenvalue weighted by Gasteiger charge is -2.22. The van der Waals surface area contributed by atoms with Crippen LogP contribution in [0.15, 0.2) is 36.4 Å². The molecule has 0 saturated carbocycles. The van der Waals surface area contributed by atoms with Crippen LogP contribution >= 0.6 is 11.3 Å². The molecular formula is C21H24N2O4S. The van der Waals surface area contributed by atoms with Gasteiger partial charge in [0.15, 0.2) is 0 Å². The van der Waals surface area contributed by atoms with Crippen molar-refractivity contribution in [1.29, 1.82) is 0 Å². The highest BCUT2D eigenvalue weighted by Crippen LogP contribution is 2.27. The third-order valence-corrected chi connectivity index (χ3v) is 4.89. The van der Waals surface area contributed by atoms with Gasteiger partial charge in [-0.15, -0.1) is 11.3 Å². The number of nitrogens with zero attached hydrogens (tertiary/aromatic N) is 1. The zero-order valence-electron chi connectivity index (χ0n) is 16.4. The van der Waals surface area contributed by atoms with Crippen LogP contribution in [0.1, 0.15) is 41.7 Å². The van der Waals surface area contributed by atoms with Gasteiger partial charge in [-0.1, -0.05) is 0 Å². The molecule has 148 valence electrons. The highest BCUT2D eigenvalue weighted by atomic mass is 32.1. The number of methoxy groups -OCH3 is 1. The van der Waals surface area contributed by atoms with Gasteiger partial charge in [0.1, 0.15) is 16.4 Å². The number of aliphatic hydroxyl groups excluding tert-OH is 1. The average molecular weight is 401 g/mol. The van der Waals surface area contributed by atoms with Crippen LogP contribution < -0.4 is 10.1 Å². The van der Waals surface area contributed by atoms with Crippen molar-refractivity contribution < 1.29 is 19.4 Å².